The predicted molar refractivity (Wildman–Crippen MR) is 81.4 cm³/mol. The minimum atomic E-state index is 0.250. The van der Waals surface area contributed by atoms with Gasteiger partial charge in [-0.1, -0.05) is 38.5 Å². The van der Waals surface area contributed by atoms with Gasteiger partial charge in [0.05, 0.1) is 0 Å². The van der Waals surface area contributed by atoms with E-state index in [0.717, 1.165) is 23.9 Å². The summed E-state index contributed by atoms with van der Waals surface area (Å²) in [6.07, 6.45) is 4.79. The topological polar surface area (TPSA) is 55.1 Å². The van der Waals surface area contributed by atoms with Crippen LogP contribution in [0.15, 0.2) is 0 Å². The number of nitrogens with one attached hydrogen (secondary N) is 1. The summed E-state index contributed by atoms with van der Waals surface area (Å²) in [6, 6.07) is 0. The average Bonchev–Trinajstić information content (AvgIpc) is 2.99. The molecular formula is C14H23N5S. The van der Waals surface area contributed by atoms with Crippen molar-refractivity contribution in [1.29, 1.82) is 0 Å². The summed E-state index contributed by atoms with van der Waals surface area (Å²) in [7, 11) is 0. The SMILES string of the molecule is CCCC1(c2nn3c(C(C)C)nnc3s2)CCNCC1. The van der Waals surface area contributed by atoms with E-state index in [1.165, 1.54) is 30.7 Å². The Hall–Kier alpha value is -1.01. The van der Waals surface area contributed by atoms with Crippen molar-refractivity contribution in [3.05, 3.63) is 10.8 Å². The van der Waals surface area contributed by atoms with Crippen LogP contribution in [0.4, 0.5) is 0 Å². The van der Waals surface area contributed by atoms with Crippen molar-refractivity contribution in [1.82, 2.24) is 25.1 Å². The molecule has 6 heteroatoms. The minimum Gasteiger partial charge on any atom is -0.317 e. The summed E-state index contributed by atoms with van der Waals surface area (Å²) in [5, 5.41) is 18.2. The Morgan fingerprint density at radius 2 is 2.05 bits per heavy atom. The molecule has 1 fully saturated rings. The van der Waals surface area contributed by atoms with Gasteiger partial charge in [-0.2, -0.15) is 9.61 Å². The maximum absolute atomic E-state index is 4.89. The fraction of sp³-hybridized carbons (Fsp3) is 0.786. The summed E-state index contributed by atoms with van der Waals surface area (Å²) >= 11 is 1.73. The number of piperidine rings is 1. The largest absolute Gasteiger partial charge is 0.317 e. The van der Waals surface area contributed by atoms with Gasteiger partial charge in [0, 0.05) is 11.3 Å². The van der Waals surface area contributed by atoms with Crippen molar-refractivity contribution in [2.24, 2.45) is 0 Å². The monoisotopic (exact) mass is 293 g/mol. The predicted octanol–water partition coefficient (Wildman–Crippen LogP) is 2.73. The fourth-order valence-corrected chi connectivity index (χ4v) is 4.28. The molecule has 0 bridgehead atoms. The normalized spacial score (nSPS) is 19.0. The zero-order chi connectivity index (χ0) is 14.2. The van der Waals surface area contributed by atoms with E-state index in [2.05, 4.69) is 36.3 Å². The van der Waals surface area contributed by atoms with E-state index in [4.69, 9.17) is 5.10 Å². The van der Waals surface area contributed by atoms with Gasteiger partial charge in [0.15, 0.2) is 5.82 Å². The first-order valence-corrected chi connectivity index (χ1v) is 8.41. The molecule has 1 aliphatic rings. The Kier molecular flexibility index (Phi) is 3.77. The Labute approximate surface area is 123 Å². The molecule has 1 N–H and O–H groups in total. The zero-order valence-electron chi connectivity index (χ0n) is 12.5. The lowest BCUT2D eigenvalue weighted by atomic mass is 9.76. The van der Waals surface area contributed by atoms with Crippen LogP contribution in [-0.4, -0.2) is 32.9 Å². The first-order chi connectivity index (χ1) is 9.66. The van der Waals surface area contributed by atoms with E-state index in [-0.39, 0.29) is 5.41 Å². The second-order valence-electron chi connectivity index (χ2n) is 6.09. The van der Waals surface area contributed by atoms with Gasteiger partial charge in [0.1, 0.15) is 5.01 Å². The average molecular weight is 293 g/mol. The molecule has 0 radical (unpaired) electrons. The molecule has 0 atom stereocenters. The lowest BCUT2D eigenvalue weighted by Gasteiger charge is -2.35. The van der Waals surface area contributed by atoms with Gasteiger partial charge in [-0.15, -0.1) is 10.2 Å². The molecule has 0 aliphatic carbocycles. The van der Waals surface area contributed by atoms with E-state index in [9.17, 15) is 0 Å². The third-order valence-corrected chi connectivity index (χ3v) is 5.42. The van der Waals surface area contributed by atoms with E-state index in [1.807, 2.05) is 4.52 Å². The molecule has 2 aromatic rings. The molecule has 0 saturated carbocycles. The van der Waals surface area contributed by atoms with Crippen LogP contribution >= 0.6 is 11.3 Å². The van der Waals surface area contributed by atoms with Gasteiger partial charge in [-0.25, -0.2) is 0 Å². The van der Waals surface area contributed by atoms with Gasteiger partial charge in [-0.3, -0.25) is 0 Å². The van der Waals surface area contributed by atoms with E-state index >= 15 is 0 Å². The highest BCUT2D eigenvalue weighted by molar-refractivity contribution is 7.16. The zero-order valence-corrected chi connectivity index (χ0v) is 13.3. The Morgan fingerprint density at radius 3 is 2.70 bits per heavy atom. The summed E-state index contributed by atoms with van der Waals surface area (Å²) < 4.78 is 1.96. The summed E-state index contributed by atoms with van der Waals surface area (Å²) in [6.45, 7) is 8.74. The molecule has 2 aromatic heterocycles. The lowest BCUT2D eigenvalue weighted by molar-refractivity contribution is 0.282. The number of hydrogen-bond donors (Lipinski definition) is 1. The lowest BCUT2D eigenvalue weighted by Crippen LogP contribution is -2.39. The highest BCUT2D eigenvalue weighted by Crippen LogP contribution is 2.40. The van der Waals surface area contributed by atoms with Gasteiger partial charge in [0.2, 0.25) is 4.96 Å². The van der Waals surface area contributed by atoms with Crippen molar-refractivity contribution >= 4 is 16.3 Å². The van der Waals surface area contributed by atoms with Crippen LogP contribution in [0.3, 0.4) is 0 Å². The highest BCUT2D eigenvalue weighted by Gasteiger charge is 2.37. The first kappa shape index (κ1) is 13.9. The van der Waals surface area contributed by atoms with Gasteiger partial charge in [-0.05, 0) is 32.4 Å². The molecule has 5 nitrogen and oxygen atoms in total. The third kappa shape index (κ3) is 2.24. The molecule has 20 heavy (non-hydrogen) atoms. The van der Waals surface area contributed by atoms with E-state index in [1.54, 1.807) is 11.3 Å². The van der Waals surface area contributed by atoms with Crippen LogP contribution < -0.4 is 5.32 Å². The maximum atomic E-state index is 4.89. The fourth-order valence-electron chi connectivity index (χ4n) is 3.16. The van der Waals surface area contributed by atoms with Gasteiger partial charge in [0.25, 0.3) is 0 Å². The summed E-state index contributed by atoms with van der Waals surface area (Å²) in [5.41, 5.74) is 0.250. The van der Waals surface area contributed by atoms with Gasteiger partial charge >= 0.3 is 0 Å². The minimum absolute atomic E-state index is 0.250. The maximum Gasteiger partial charge on any atom is 0.234 e. The van der Waals surface area contributed by atoms with E-state index < -0.39 is 0 Å². The van der Waals surface area contributed by atoms with Crippen LogP contribution in [-0.2, 0) is 5.41 Å². The van der Waals surface area contributed by atoms with Crippen LogP contribution in [0.2, 0.25) is 0 Å². The second-order valence-corrected chi connectivity index (χ2v) is 7.05. The van der Waals surface area contributed by atoms with Crippen molar-refractivity contribution in [3.63, 3.8) is 0 Å². The standard InChI is InChI=1S/C14H23N5S/c1-4-5-14(6-8-15-9-7-14)12-18-19-11(10(2)3)16-17-13(19)20-12/h10,15H,4-9H2,1-3H3. The molecule has 0 spiro atoms. The number of hydrogen-bond acceptors (Lipinski definition) is 5. The molecule has 1 saturated heterocycles. The Morgan fingerprint density at radius 1 is 1.30 bits per heavy atom. The highest BCUT2D eigenvalue weighted by atomic mass is 32.1. The number of fused-ring (bicyclic) bond motifs is 1. The number of aromatic nitrogens is 4. The van der Waals surface area contributed by atoms with Crippen molar-refractivity contribution in [2.45, 2.75) is 57.8 Å². The quantitative estimate of drug-likeness (QED) is 0.941. The first-order valence-electron chi connectivity index (χ1n) is 7.59. The Bertz CT molecular complexity index is 574. The molecule has 3 heterocycles. The van der Waals surface area contributed by atoms with Crippen LogP contribution in [0.5, 0.6) is 0 Å². The van der Waals surface area contributed by atoms with Crippen LogP contribution in [0.1, 0.15) is 63.2 Å². The molecule has 0 amide bonds. The second kappa shape index (κ2) is 5.41. The van der Waals surface area contributed by atoms with Crippen molar-refractivity contribution in [3.8, 4) is 0 Å². The van der Waals surface area contributed by atoms with Crippen molar-refractivity contribution in [2.75, 3.05) is 13.1 Å². The summed E-state index contributed by atoms with van der Waals surface area (Å²) in [4.78, 5) is 0.942. The summed E-state index contributed by atoms with van der Waals surface area (Å²) in [5.74, 6) is 1.33. The number of rotatable bonds is 4. The van der Waals surface area contributed by atoms with Crippen LogP contribution in [0, 0.1) is 0 Å². The number of nitrogens with zero attached hydrogens (tertiary/aromatic N) is 4. The molecule has 0 aromatic carbocycles. The smallest absolute Gasteiger partial charge is 0.234 e. The molecule has 0 unspecified atom stereocenters. The van der Waals surface area contributed by atoms with Gasteiger partial charge < -0.3 is 5.32 Å². The molecule has 110 valence electrons. The third-order valence-electron chi connectivity index (χ3n) is 4.27. The van der Waals surface area contributed by atoms with Crippen LogP contribution in [0.25, 0.3) is 4.96 Å². The Balaban J connectivity index is 2.02. The molecule has 1 aliphatic heterocycles. The molecule has 3 rings (SSSR count). The van der Waals surface area contributed by atoms with Crippen molar-refractivity contribution < 1.29 is 0 Å². The van der Waals surface area contributed by atoms with E-state index in [0.29, 0.717) is 5.92 Å². The molecular weight excluding hydrogens is 270 g/mol.